The first-order chi connectivity index (χ1) is 9.22. The van der Waals surface area contributed by atoms with E-state index in [0.717, 1.165) is 19.6 Å². The van der Waals surface area contributed by atoms with Crippen LogP contribution in [0.25, 0.3) is 0 Å². The summed E-state index contributed by atoms with van der Waals surface area (Å²) in [5.74, 6) is 0.909. The highest BCUT2D eigenvalue weighted by atomic mass is 16.2. The normalized spacial score (nSPS) is 28.3. The van der Waals surface area contributed by atoms with E-state index in [1.807, 2.05) is 0 Å². The molecular formula is C15H29N3O. The van der Waals surface area contributed by atoms with Gasteiger partial charge < -0.3 is 10.6 Å². The summed E-state index contributed by atoms with van der Waals surface area (Å²) in [6.07, 6.45) is 5.91. The molecule has 110 valence electrons. The van der Waals surface area contributed by atoms with Gasteiger partial charge in [-0.05, 0) is 38.1 Å². The lowest BCUT2D eigenvalue weighted by Crippen LogP contribution is -2.51. The number of piperidine rings is 1. The fourth-order valence-electron chi connectivity index (χ4n) is 2.97. The Morgan fingerprint density at radius 3 is 2.68 bits per heavy atom. The van der Waals surface area contributed by atoms with Crippen LogP contribution in [0.5, 0.6) is 0 Å². The Hall–Kier alpha value is -0.610. The summed E-state index contributed by atoms with van der Waals surface area (Å²) in [6, 6.07) is 1.13. The van der Waals surface area contributed by atoms with Gasteiger partial charge in [0.1, 0.15) is 0 Å². The Labute approximate surface area is 117 Å². The molecule has 1 saturated carbocycles. The van der Waals surface area contributed by atoms with Crippen molar-refractivity contribution in [3.63, 3.8) is 0 Å². The van der Waals surface area contributed by atoms with E-state index in [-0.39, 0.29) is 5.91 Å². The van der Waals surface area contributed by atoms with Crippen molar-refractivity contribution in [3.8, 4) is 0 Å². The summed E-state index contributed by atoms with van der Waals surface area (Å²) in [6.45, 7) is 8.30. The largest absolute Gasteiger partial charge is 0.352 e. The van der Waals surface area contributed by atoms with E-state index in [0.29, 0.717) is 24.5 Å². The first-order valence-electron chi connectivity index (χ1n) is 7.98. The molecule has 0 bridgehead atoms. The van der Waals surface area contributed by atoms with Gasteiger partial charge in [0.2, 0.25) is 5.91 Å². The third-order valence-electron chi connectivity index (χ3n) is 4.31. The molecule has 1 aliphatic heterocycles. The molecule has 2 unspecified atom stereocenters. The Balaban J connectivity index is 1.73. The third-order valence-corrected chi connectivity index (χ3v) is 4.31. The highest BCUT2D eigenvalue weighted by molar-refractivity contribution is 5.78. The van der Waals surface area contributed by atoms with Gasteiger partial charge >= 0.3 is 0 Å². The van der Waals surface area contributed by atoms with Crippen molar-refractivity contribution in [2.45, 2.75) is 58.0 Å². The number of nitrogens with zero attached hydrogens (tertiary/aromatic N) is 1. The molecule has 2 aliphatic rings. The van der Waals surface area contributed by atoms with Gasteiger partial charge in [0.25, 0.3) is 0 Å². The number of nitrogens with one attached hydrogen (secondary N) is 2. The zero-order valence-electron chi connectivity index (χ0n) is 12.5. The highest BCUT2D eigenvalue weighted by Crippen LogP contribution is 2.21. The van der Waals surface area contributed by atoms with Crippen LogP contribution in [0.4, 0.5) is 0 Å². The van der Waals surface area contributed by atoms with Crippen LogP contribution >= 0.6 is 0 Å². The van der Waals surface area contributed by atoms with Crippen LogP contribution in [0.1, 0.15) is 46.0 Å². The minimum Gasteiger partial charge on any atom is -0.352 e. The van der Waals surface area contributed by atoms with Crippen molar-refractivity contribution in [2.24, 2.45) is 5.92 Å². The fraction of sp³-hybridized carbons (Fsp3) is 0.933. The molecule has 2 rings (SSSR count). The molecule has 4 heteroatoms. The molecule has 2 N–H and O–H groups in total. The molecule has 1 aliphatic carbocycles. The lowest BCUT2D eigenvalue weighted by Gasteiger charge is -2.38. The zero-order valence-corrected chi connectivity index (χ0v) is 12.5. The first kappa shape index (κ1) is 14.8. The molecule has 19 heavy (non-hydrogen) atoms. The van der Waals surface area contributed by atoms with Crippen LogP contribution in [0.15, 0.2) is 0 Å². The van der Waals surface area contributed by atoms with Crippen molar-refractivity contribution in [1.29, 1.82) is 0 Å². The molecule has 1 heterocycles. The summed E-state index contributed by atoms with van der Waals surface area (Å²) in [5, 5.41) is 6.74. The maximum absolute atomic E-state index is 11.8. The van der Waals surface area contributed by atoms with E-state index < -0.39 is 0 Å². The van der Waals surface area contributed by atoms with Crippen molar-refractivity contribution in [3.05, 3.63) is 0 Å². The number of hydrogen-bond acceptors (Lipinski definition) is 3. The molecule has 0 radical (unpaired) electrons. The molecule has 1 amide bonds. The molecule has 4 nitrogen and oxygen atoms in total. The van der Waals surface area contributed by atoms with Crippen molar-refractivity contribution < 1.29 is 4.79 Å². The SMILES string of the molecule is CCCNC1CCN(CC(=O)NC2CC2)CC1CC. The highest BCUT2D eigenvalue weighted by Gasteiger charge is 2.29. The lowest BCUT2D eigenvalue weighted by atomic mass is 9.90. The van der Waals surface area contributed by atoms with Gasteiger partial charge in [-0.3, -0.25) is 9.69 Å². The van der Waals surface area contributed by atoms with Crippen LogP contribution in [0.2, 0.25) is 0 Å². The smallest absolute Gasteiger partial charge is 0.234 e. The second kappa shape index (κ2) is 7.25. The van der Waals surface area contributed by atoms with E-state index in [4.69, 9.17) is 0 Å². The molecule has 1 saturated heterocycles. The molecular weight excluding hydrogens is 238 g/mol. The van der Waals surface area contributed by atoms with Crippen LogP contribution < -0.4 is 10.6 Å². The molecule has 0 aromatic carbocycles. The predicted octanol–water partition coefficient (Wildman–Crippen LogP) is 1.37. The second-order valence-electron chi connectivity index (χ2n) is 6.09. The van der Waals surface area contributed by atoms with E-state index in [2.05, 4.69) is 29.4 Å². The average molecular weight is 267 g/mol. The monoisotopic (exact) mass is 267 g/mol. The molecule has 0 spiro atoms. The molecule has 0 aromatic rings. The number of rotatable bonds is 7. The van der Waals surface area contributed by atoms with E-state index in [9.17, 15) is 4.79 Å². The fourth-order valence-corrected chi connectivity index (χ4v) is 2.97. The van der Waals surface area contributed by atoms with Crippen LogP contribution in [0.3, 0.4) is 0 Å². The topological polar surface area (TPSA) is 44.4 Å². The Morgan fingerprint density at radius 2 is 2.05 bits per heavy atom. The van der Waals surface area contributed by atoms with Gasteiger partial charge in [0, 0.05) is 25.2 Å². The van der Waals surface area contributed by atoms with Crippen molar-refractivity contribution in [1.82, 2.24) is 15.5 Å². The summed E-state index contributed by atoms with van der Waals surface area (Å²) in [7, 11) is 0. The van der Waals surface area contributed by atoms with Crippen LogP contribution in [0, 0.1) is 5.92 Å². The minimum atomic E-state index is 0.220. The summed E-state index contributed by atoms with van der Waals surface area (Å²) < 4.78 is 0. The molecule has 0 aromatic heterocycles. The van der Waals surface area contributed by atoms with Crippen LogP contribution in [-0.4, -0.2) is 49.1 Å². The average Bonchev–Trinajstić information content (AvgIpc) is 3.20. The molecule has 2 fully saturated rings. The maximum Gasteiger partial charge on any atom is 0.234 e. The number of carbonyl (C=O) groups is 1. The van der Waals surface area contributed by atoms with E-state index >= 15 is 0 Å². The summed E-state index contributed by atoms with van der Waals surface area (Å²) in [5.41, 5.74) is 0. The minimum absolute atomic E-state index is 0.220. The van der Waals surface area contributed by atoms with Gasteiger partial charge in [-0.2, -0.15) is 0 Å². The number of likely N-dealkylation sites (tertiary alicyclic amines) is 1. The third kappa shape index (κ3) is 4.77. The van der Waals surface area contributed by atoms with Crippen molar-refractivity contribution in [2.75, 3.05) is 26.2 Å². The van der Waals surface area contributed by atoms with Crippen molar-refractivity contribution >= 4 is 5.91 Å². The molecule has 2 atom stereocenters. The van der Waals surface area contributed by atoms with E-state index in [1.165, 1.54) is 32.1 Å². The Bertz CT molecular complexity index is 291. The van der Waals surface area contributed by atoms with Gasteiger partial charge in [-0.1, -0.05) is 20.3 Å². The number of carbonyl (C=O) groups excluding carboxylic acids is 1. The lowest BCUT2D eigenvalue weighted by molar-refractivity contribution is -0.122. The van der Waals surface area contributed by atoms with E-state index in [1.54, 1.807) is 0 Å². The quantitative estimate of drug-likeness (QED) is 0.732. The standard InChI is InChI=1S/C15H29N3O/c1-3-8-16-14-7-9-18(10-12(14)4-2)11-15(19)17-13-5-6-13/h12-14,16H,3-11H2,1-2H3,(H,17,19). The second-order valence-corrected chi connectivity index (χ2v) is 6.09. The summed E-state index contributed by atoms with van der Waals surface area (Å²) in [4.78, 5) is 14.2. The predicted molar refractivity (Wildman–Crippen MR) is 78.1 cm³/mol. The first-order valence-corrected chi connectivity index (χ1v) is 7.98. The number of hydrogen-bond donors (Lipinski definition) is 2. The van der Waals surface area contributed by atoms with Gasteiger partial charge in [-0.15, -0.1) is 0 Å². The van der Waals surface area contributed by atoms with Gasteiger partial charge in [0.05, 0.1) is 6.54 Å². The Morgan fingerprint density at radius 1 is 1.26 bits per heavy atom. The van der Waals surface area contributed by atoms with Gasteiger partial charge in [0.15, 0.2) is 0 Å². The Kier molecular flexibility index (Phi) is 5.64. The maximum atomic E-state index is 11.8. The van der Waals surface area contributed by atoms with Gasteiger partial charge in [-0.25, -0.2) is 0 Å². The summed E-state index contributed by atoms with van der Waals surface area (Å²) >= 11 is 0. The van der Waals surface area contributed by atoms with Crippen LogP contribution in [-0.2, 0) is 4.79 Å². The zero-order chi connectivity index (χ0) is 13.7. The number of amides is 1.